The summed E-state index contributed by atoms with van der Waals surface area (Å²) in [5.74, 6) is 0. The average molecular weight is 354 g/mol. The maximum absolute atomic E-state index is 6.16. The van der Waals surface area contributed by atoms with Crippen molar-refractivity contribution in [1.82, 2.24) is 0 Å². The van der Waals surface area contributed by atoms with E-state index in [9.17, 15) is 0 Å². The minimum atomic E-state index is -1.91. The van der Waals surface area contributed by atoms with Gasteiger partial charge in [0.2, 0.25) is 0 Å². The number of oxime groups is 1. The molecule has 0 heterocycles. The van der Waals surface area contributed by atoms with E-state index in [1.807, 2.05) is 0 Å². The minimum Gasteiger partial charge on any atom is -0.455 e. The van der Waals surface area contributed by atoms with Gasteiger partial charge >= 0.3 is 0 Å². The van der Waals surface area contributed by atoms with Crippen LogP contribution in [0.1, 0.15) is 43.9 Å². The molecule has 2 rings (SSSR count). The lowest BCUT2D eigenvalue weighted by Crippen LogP contribution is -2.39. The second-order valence-electron chi connectivity index (χ2n) is 8.24. The molecule has 134 valence electrons. The van der Waals surface area contributed by atoms with Crippen molar-refractivity contribution in [2.24, 2.45) is 5.16 Å². The van der Waals surface area contributed by atoms with Gasteiger partial charge in [0.15, 0.2) is 0 Å². The summed E-state index contributed by atoms with van der Waals surface area (Å²) in [4.78, 5) is 0. The van der Waals surface area contributed by atoms with Crippen LogP contribution in [-0.2, 0) is 10.9 Å². The molecule has 0 saturated heterocycles. The third-order valence-corrected chi connectivity index (χ3v) is 9.23. The van der Waals surface area contributed by atoms with Crippen molar-refractivity contribution < 1.29 is 4.53 Å². The Morgan fingerprint density at radius 1 is 0.960 bits per heavy atom. The molecule has 0 radical (unpaired) electrons. The number of nitrogens with zero attached hydrogens (tertiary/aromatic N) is 1. The topological polar surface area (TPSA) is 21.6 Å². The van der Waals surface area contributed by atoms with Gasteiger partial charge in [0.25, 0.3) is 8.32 Å². The average Bonchev–Trinajstić information content (AvgIpc) is 2.56. The molecule has 0 unspecified atom stereocenters. The molecule has 0 spiro atoms. The van der Waals surface area contributed by atoms with Crippen molar-refractivity contribution in [3.05, 3.63) is 71.3 Å². The Balaban J connectivity index is 2.22. The van der Waals surface area contributed by atoms with Gasteiger partial charge < -0.3 is 4.53 Å². The molecule has 0 saturated carbocycles. The molecule has 0 aliphatic rings. The fourth-order valence-electron chi connectivity index (χ4n) is 2.20. The first kappa shape index (κ1) is 19.5. The van der Waals surface area contributed by atoms with Crippen molar-refractivity contribution in [2.75, 3.05) is 0 Å². The Kier molecular flexibility index (Phi) is 6.23. The number of rotatable bonds is 6. The first-order chi connectivity index (χ1) is 11.7. The first-order valence-electron chi connectivity index (χ1n) is 9.05. The molecule has 0 N–H and O–H groups in total. The van der Waals surface area contributed by atoms with Gasteiger partial charge in [-0.3, -0.25) is 0 Å². The van der Waals surface area contributed by atoms with Crippen LogP contribution in [-0.4, -0.2) is 14.0 Å². The first-order valence-corrected chi connectivity index (χ1v) is 12.0. The van der Waals surface area contributed by atoms with Crippen LogP contribution >= 0.6 is 0 Å². The Bertz CT molecular complexity index is 697. The molecule has 0 aliphatic carbocycles. The number of hydrogen-bond acceptors (Lipinski definition) is 2. The second kappa shape index (κ2) is 8.00. The van der Waals surface area contributed by atoms with Gasteiger partial charge in [-0.15, -0.1) is 5.16 Å². The summed E-state index contributed by atoms with van der Waals surface area (Å²) in [6.07, 6.45) is 1.84. The van der Waals surface area contributed by atoms with E-state index in [1.54, 1.807) is 0 Å². The molecule has 0 bridgehead atoms. The lowest BCUT2D eigenvalue weighted by molar-refractivity contribution is 0.307. The Morgan fingerprint density at radius 2 is 1.56 bits per heavy atom. The van der Waals surface area contributed by atoms with Crippen LogP contribution in [0.4, 0.5) is 0 Å². The summed E-state index contributed by atoms with van der Waals surface area (Å²) in [7, 11) is -1.91. The Morgan fingerprint density at radius 3 is 2.12 bits per heavy atom. The standard InChI is InChI=1S/C22H31NOSi/c1-18-12-15-20(16-13-18)21(17-14-19-10-8-7-9-11-19)23-24-25(5,6)22(2,3)4/h7-13,15-16H,14,17H2,1-6H3/b23-21+. The zero-order valence-electron chi connectivity index (χ0n) is 16.5. The molecule has 0 aliphatic heterocycles. The number of benzene rings is 2. The van der Waals surface area contributed by atoms with Crippen molar-refractivity contribution >= 4 is 14.0 Å². The van der Waals surface area contributed by atoms with Gasteiger partial charge in [0.05, 0.1) is 5.71 Å². The fourth-order valence-corrected chi connectivity index (χ4v) is 2.81. The maximum Gasteiger partial charge on any atom is 0.286 e. The third kappa shape index (κ3) is 5.57. The van der Waals surface area contributed by atoms with Crippen LogP contribution in [0.5, 0.6) is 0 Å². The van der Waals surface area contributed by atoms with Crippen LogP contribution in [0.25, 0.3) is 0 Å². The monoisotopic (exact) mass is 353 g/mol. The van der Waals surface area contributed by atoms with Crippen molar-refractivity contribution in [3.8, 4) is 0 Å². The van der Waals surface area contributed by atoms with Crippen molar-refractivity contribution in [3.63, 3.8) is 0 Å². The molecular weight excluding hydrogens is 322 g/mol. The number of hydrogen-bond donors (Lipinski definition) is 0. The van der Waals surface area contributed by atoms with E-state index >= 15 is 0 Å². The van der Waals surface area contributed by atoms with Gasteiger partial charge in [-0.25, -0.2) is 0 Å². The molecule has 3 heteroatoms. The highest BCUT2D eigenvalue weighted by molar-refractivity contribution is 6.74. The van der Waals surface area contributed by atoms with E-state index in [1.165, 1.54) is 11.1 Å². The quantitative estimate of drug-likeness (QED) is 0.337. The van der Waals surface area contributed by atoms with Crippen LogP contribution < -0.4 is 0 Å². The van der Waals surface area contributed by atoms with Gasteiger partial charge in [0, 0.05) is 0 Å². The summed E-state index contributed by atoms with van der Waals surface area (Å²) in [6.45, 7) is 13.3. The van der Waals surface area contributed by atoms with E-state index < -0.39 is 8.32 Å². The van der Waals surface area contributed by atoms with E-state index in [2.05, 4.69) is 101 Å². The summed E-state index contributed by atoms with van der Waals surface area (Å²) in [5.41, 5.74) is 4.78. The molecular formula is C22H31NOSi. The van der Waals surface area contributed by atoms with Crippen LogP contribution in [0, 0.1) is 6.92 Å². The molecule has 25 heavy (non-hydrogen) atoms. The molecule has 2 aromatic rings. The summed E-state index contributed by atoms with van der Waals surface area (Å²) in [5, 5.41) is 4.80. The van der Waals surface area contributed by atoms with Gasteiger partial charge in [-0.1, -0.05) is 80.9 Å². The highest BCUT2D eigenvalue weighted by Gasteiger charge is 2.39. The van der Waals surface area contributed by atoms with Crippen LogP contribution in [0.3, 0.4) is 0 Å². The van der Waals surface area contributed by atoms with E-state index in [0.717, 1.165) is 24.1 Å². The van der Waals surface area contributed by atoms with Gasteiger partial charge in [-0.2, -0.15) is 0 Å². The second-order valence-corrected chi connectivity index (χ2v) is 12.9. The highest BCUT2D eigenvalue weighted by atomic mass is 28.4. The van der Waals surface area contributed by atoms with Crippen molar-refractivity contribution in [1.29, 1.82) is 0 Å². The highest BCUT2D eigenvalue weighted by Crippen LogP contribution is 2.36. The zero-order valence-corrected chi connectivity index (χ0v) is 17.5. The molecule has 0 aromatic heterocycles. The summed E-state index contributed by atoms with van der Waals surface area (Å²) < 4.78 is 6.16. The molecule has 0 fully saturated rings. The minimum absolute atomic E-state index is 0.147. The summed E-state index contributed by atoms with van der Waals surface area (Å²) in [6, 6.07) is 19.1. The molecule has 2 nitrogen and oxygen atoms in total. The zero-order chi connectivity index (χ0) is 18.5. The van der Waals surface area contributed by atoms with Gasteiger partial charge in [0.1, 0.15) is 0 Å². The smallest absolute Gasteiger partial charge is 0.286 e. The fraction of sp³-hybridized carbons (Fsp3) is 0.409. The lowest BCUT2D eigenvalue weighted by Gasteiger charge is -2.33. The predicted molar refractivity (Wildman–Crippen MR) is 111 cm³/mol. The lowest BCUT2D eigenvalue weighted by atomic mass is 10.0. The third-order valence-electron chi connectivity index (χ3n) is 5.07. The number of aryl methyl sites for hydroxylation is 2. The molecule has 0 atom stereocenters. The normalized spacial score (nSPS) is 13.0. The largest absolute Gasteiger partial charge is 0.455 e. The molecule has 0 amide bonds. The van der Waals surface area contributed by atoms with E-state index in [4.69, 9.17) is 4.53 Å². The maximum atomic E-state index is 6.16. The van der Waals surface area contributed by atoms with E-state index in [0.29, 0.717) is 0 Å². The Labute approximate surface area is 154 Å². The summed E-state index contributed by atoms with van der Waals surface area (Å²) >= 11 is 0. The molecule has 2 aromatic carbocycles. The van der Waals surface area contributed by atoms with Crippen LogP contribution in [0.2, 0.25) is 18.1 Å². The predicted octanol–water partition coefficient (Wildman–Crippen LogP) is 6.35. The van der Waals surface area contributed by atoms with Gasteiger partial charge in [-0.05, 0) is 49.0 Å². The van der Waals surface area contributed by atoms with Crippen LogP contribution in [0.15, 0.2) is 59.8 Å². The van der Waals surface area contributed by atoms with Crippen molar-refractivity contribution in [2.45, 2.75) is 58.7 Å². The SMILES string of the molecule is Cc1ccc(/C(CCc2ccccc2)=N/O[Si](C)(C)C(C)(C)C)cc1. The van der Waals surface area contributed by atoms with E-state index in [-0.39, 0.29) is 5.04 Å². The Hall–Kier alpha value is -1.87.